The number of hydrogen-bond acceptors (Lipinski definition) is 4. The van der Waals surface area contributed by atoms with Crippen LogP contribution in [0, 0.1) is 0 Å². The third-order valence-electron chi connectivity index (χ3n) is 5.31. The second kappa shape index (κ2) is 14.6. The van der Waals surface area contributed by atoms with Gasteiger partial charge in [-0.3, -0.25) is 14.7 Å². The molecule has 1 heterocycles. The van der Waals surface area contributed by atoms with E-state index in [1.165, 1.54) is 0 Å². The fourth-order valence-corrected chi connectivity index (χ4v) is 3.70. The minimum absolute atomic E-state index is 0. The van der Waals surface area contributed by atoms with E-state index in [0.29, 0.717) is 6.54 Å². The lowest BCUT2D eigenvalue weighted by Crippen LogP contribution is -2.44. The van der Waals surface area contributed by atoms with Crippen molar-refractivity contribution < 1.29 is 9.90 Å². The summed E-state index contributed by atoms with van der Waals surface area (Å²) in [6.45, 7) is 6.12. The van der Waals surface area contributed by atoms with Crippen LogP contribution in [0.15, 0.2) is 35.3 Å². The molecule has 0 aliphatic carbocycles. The first-order chi connectivity index (χ1) is 14.1. The fraction of sp³-hybridized carbons (Fsp3) is 0.636. The maximum absolute atomic E-state index is 12.3. The molecule has 30 heavy (non-hydrogen) atoms. The number of aliphatic imine (C=N–C) groups is 1. The van der Waals surface area contributed by atoms with Crippen LogP contribution in [-0.2, 0) is 4.79 Å². The third kappa shape index (κ3) is 8.39. The summed E-state index contributed by atoms with van der Waals surface area (Å²) in [5, 5.41) is 16.4. The minimum Gasteiger partial charge on any atom is -0.396 e. The van der Waals surface area contributed by atoms with Crippen molar-refractivity contribution in [2.45, 2.75) is 38.1 Å². The van der Waals surface area contributed by atoms with Crippen LogP contribution in [-0.4, -0.2) is 86.2 Å². The van der Waals surface area contributed by atoms with Crippen molar-refractivity contribution in [1.29, 1.82) is 0 Å². The predicted octanol–water partition coefficient (Wildman–Crippen LogP) is 1.88. The Balaban J connectivity index is 0.00000450. The summed E-state index contributed by atoms with van der Waals surface area (Å²) >= 11 is 0. The van der Waals surface area contributed by atoms with Crippen molar-refractivity contribution in [3.05, 3.63) is 35.9 Å². The Hall–Kier alpha value is -1.39. The number of nitrogens with zero attached hydrogens (tertiary/aromatic N) is 3. The van der Waals surface area contributed by atoms with Crippen molar-refractivity contribution in [2.75, 3.05) is 53.4 Å². The number of guanidine groups is 1. The van der Waals surface area contributed by atoms with Crippen LogP contribution in [0.3, 0.4) is 0 Å². The summed E-state index contributed by atoms with van der Waals surface area (Å²) in [6, 6.07) is 10.0. The average Bonchev–Trinajstić information content (AvgIpc) is 3.20. The van der Waals surface area contributed by atoms with E-state index in [4.69, 9.17) is 0 Å². The monoisotopic (exact) mass is 531 g/mol. The molecule has 1 amide bonds. The molecule has 0 radical (unpaired) electrons. The molecule has 7 nitrogen and oxygen atoms in total. The number of aliphatic hydroxyl groups excluding tert-OH is 1. The van der Waals surface area contributed by atoms with Gasteiger partial charge in [-0.05, 0) is 38.3 Å². The highest BCUT2D eigenvalue weighted by atomic mass is 127. The summed E-state index contributed by atoms with van der Waals surface area (Å²) in [6.07, 6.45) is 2.99. The Morgan fingerprint density at radius 3 is 2.67 bits per heavy atom. The van der Waals surface area contributed by atoms with Crippen LogP contribution in [0.2, 0.25) is 0 Å². The van der Waals surface area contributed by atoms with Gasteiger partial charge in [0, 0.05) is 39.6 Å². The van der Waals surface area contributed by atoms with Gasteiger partial charge in [-0.2, -0.15) is 0 Å². The van der Waals surface area contributed by atoms with Gasteiger partial charge in [0.05, 0.1) is 19.2 Å². The van der Waals surface area contributed by atoms with E-state index in [2.05, 4.69) is 20.5 Å². The van der Waals surface area contributed by atoms with Crippen LogP contribution in [0.1, 0.15) is 37.7 Å². The first-order valence-corrected chi connectivity index (χ1v) is 10.7. The maximum Gasteiger partial charge on any atom is 0.239 e. The van der Waals surface area contributed by atoms with Crippen molar-refractivity contribution in [1.82, 2.24) is 20.4 Å². The van der Waals surface area contributed by atoms with E-state index < -0.39 is 0 Å². The Bertz CT molecular complexity index is 642. The van der Waals surface area contributed by atoms with Crippen molar-refractivity contribution in [3.63, 3.8) is 0 Å². The first kappa shape index (κ1) is 26.6. The van der Waals surface area contributed by atoms with E-state index in [0.717, 1.165) is 57.0 Å². The van der Waals surface area contributed by atoms with Gasteiger partial charge in [-0.25, -0.2) is 0 Å². The molecule has 1 aromatic carbocycles. The summed E-state index contributed by atoms with van der Waals surface area (Å²) in [7, 11) is 3.66. The summed E-state index contributed by atoms with van der Waals surface area (Å²) in [5.74, 6) is 0.972. The molecule has 1 saturated heterocycles. The first-order valence-electron chi connectivity index (χ1n) is 10.7. The molecule has 3 N–H and O–H groups in total. The number of benzene rings is 1. The minimum atomic E-state index is -0.00550. The molecule has 1 aliphatic rings. The van der Waals surface area contributed by atoms with Gasteiger partial charge in [0.2, 0.25) is 5.91 Å². The molecule has 0 bridgehead atoms. The number of carbonyl (C=O) groups excluding carboxylic acids is 1. The number of aliphatic hydroxyl groups is 1. The number of rotatable bonds is 10. The van der Waals surface area contributed by atoms with Crippen LogP contribution in [0.25, 0.3) is 0 Å². The SMILES string of the molecule is CCNC(=NCC(CO)c1ccccc1)NCCCN1CCCC1C(=O)N(C)C.I. The topological polar surface area (TPSA) is 80.2 Å². The van der Waals surface area contributed by atoms with E-state index >= 15 is 0 Å². The standard InChI is InChI=1S/C22H37N5O2.HI/c1-4-23-22(25-16-19(17-28)18-10-6-5-7-11-18)24-13-9-15-27-14-8-12-20(27)21(29)26(2)3;/h5-7,10-11,19-20,28H,4,8-9,12-17H2,1-3H3,(H2,23,24,25);1H. The van der Waals surface area contributed by atoms with Crippen molar-refractivity contribution in [3.8, 4) is 0 Å². The van der Waals surface area contributed by atoms with E-state index in [9.17, 15) is 9.90 Å². The van der Waals surface area contributed by atoms with Gasteiger partial charge in [-0.1, -0.05) is 30.3 Å². The van der Waals surface area contributed by atoms with E-state index in [-0.39, 0.29) is 48.5 Å². The normalized spacial score (nSPS) is 17.9. The Kier molecular flexibility index (Phi) is 13.0. The zero-order valence-corrected chi connectivity index (χ0v) is 20.8. The lowest BCUT2D eigenvalue weighted by atomic mass is 10.0. The number of amides is 1. The molecule has 170 valence electrons. The van der Waals surface area contributed by atoms with Gasteiger partial charge in [0.15, 0.2) is 5.96 Å². The summed E-state index contributed by atoms with van der Waals surface area (Å²) < 4.78 is 0. The predicted molar refractivity (Wildman–Crippen MR) is 134 cm³/mol. The smallest absolute Gasteiger partial charge is 0.239 e. The van der Waals surface area contributed by atoms with Crippen LogP contribution in [0.4, 0.5) is 0 Å². The van der Waals surface area contributed by atoms with E-state index in [1.807, 2.05) is 51.4 Å². The average molecular weight is 531 g/mol. The number of carbonyl (C=O) groups is 1. The van der Waals surface area contributed by atoms with Crippen molar-refractivity contribution in [2.24, 2.45) is 4.99 Å². The van der Waals surface area contributed by atoms with Crippen LogP contribution in [0.5, 0.6) is 0 Å². The molecule has 2 atom stereocenters. The lowest BCUT2D eigenvalue weighted by Gasteiger charge is -2.26. The van der Waals surface area contributed by atoms with E-state index in [1.54, 1.807) is 4.90 Å². The largest absolute Gasteiger partial charge is 0.396 e. The molecule has 1 aliphatic heterocycles. The number of likely N-dealkylation sites (tertiary alicyclic amines) is 1. The summed E-state index contributed by atoms with van der Waals surface area (Å²) in [4.78, 5) is 20.9. The number of likely N-dealkylation sites (N-methyl/N-ethyl adjacent to an activating group) is 1. The second-order valence-electron chi connectivity index (χ2n) is 7.72. The zero-order valence-electron chi connectivity index (χ0n) is 18.5. The molecule has 2 rings (SSSR count). The Morgan fingerprint density at radius 2 is 2.03 bits per heavy atom. The molecular weight excluding hydrogens is 493 g/mol. The van der Waals surface area contributed by atoms with Gasteiger partial charge >= 0.3 is 0 Å². The molecule has 1 aromatic rings. The van der Waals surface area contributed by atoms with Crippen LogP contribution < -0.4 is 10.6 Å². The third-order valence-corrected chi connectivity index (χ3v) is 5.31. The number of nitrogens with one attached hydrogen (secondary N) is 2. The number of hydrogen-bond donors (Lipinski definition) is 3. The highest BCUT2D eigenvalue weighted by molar-refractivity contribution is 14.0. The van der Waals surface area contributed by atoms with Gasteiger partial charge in [0.1, 0.15) is 0 Å². The molecule has 8 heteroatoms. The zero-order chi connectivity index (χ0) is 21.1. The summed E-state index contributed by atoms with van der Waals surface area (Å²) in [5.41, 5.74) is 1.10. The molecular formula is C22H38IN5O2. The number of halogens is 1. The Morgan fingerprint density at radius 1 is 1.30 bits per heavy atom. The highest BCUT2D eigenvalue weighted by Gasteiger charge is 2.30. The molecule has 0 aromatic heterocycles. The molecule has 2 unspecified atom stereocenters. The van der Waals surface area contributed by atoms with Gasteiger partial charge in [0.25, 0.3) is 0 Å². The van der Waals surface area contributed by atoms with Crippen molar-refractivity contribution >= 4 is 35.8 Å². The lowest BCUT2D eigenvalue weighted by molar-refractivity contribution is -0.133. The Labute approximate surface area is 198 Å². The maximum atomic E-state index is 12.3. The van der Waals surface area contributed by atoms with Gasteiger partial charge in [-0.15, -0.1) is 24.0 Å². The van der Waals surface area contributed by atoms with Gasteiger partial charge < -0.3 is 20.6 Å². The quantitative estimate of drug-likeness (QED) is 0.186. The van der Waals surface area contributed by atoms with Crippen LogP contribution >= 0.6 is 24.0 Å². The highest BCUT2D eigenvalue weighted by Crippen LogP contribution is 2.18. The second-order valence-corrected chi connectivity index (χ2v) is 7.72. The molecule has 0 spiro atoms. The molecule has 0 saturated carbocycles. The molecule has 1 fully saturated rings. The fourth-order valence-electron chi connectivity index (χ4n) is 3.70.